The Morgan fingerprint density at radius 1 is 1.39 bits per heavy atom. The zero-order chi connectivity index (χ0) is 16.4. The van der Waals surface area contributed by atoms with E-state index in [0.29, 0.717) is 11.4 Å². The first-order chi connectivity index (χ1) is 11.0. The fraction of sp³-hybridized carbons (Fsp3) is 0.438. The van der Waals surface area contributed by atoms with Gasteiger partial charge in [-0.25, -0.2) is 4.68 Å². The quantitative estimate of drug-likeness (QED) is 0.922. The summed E-state index contributed by atoms with van der Waals surface area (Å²) in [5.41, 5.74) is 1.00. The number of carboxylic acids is 1. The number of aliphatic carboxylic acids is 1. The second-order valence-electron chi connectivity index (χ2n) is 5.80. The molecular weight excluding hydrogens is 334 g/mol. The molecular formula is C16H18ClN3O2S. The molecule has 1 aliphatic rings. The van der Waals surface area contributed by atoms with Gasteiger partial charge in [-0.3, -0.25) is 9.79 Å². The van der Waals surface area contributed by atoms with E-state index in [1.165, 1.54) is 11.3 Å². The van der Waals surface area contributed by atoms with E-state index in [2.05, 4.69) is 5.10 Å². The third-order valence-corrected chi connectivity index (χ3v) is 5.40. The summed E-state index contributed by atoms with van der Waals surface area (Å²) in [6.45, 7) is 0. The molecule has 1 aromatic heterocycles. The molecule has 1 aromatic carbocycles. The third kappa shape index (κ3) is 3.82. The first-order valence-electron chi connectivity index (χ1n) is 7.59. The molecule has 2 unspecified atom stereocenters. The number of halogens is 1. The Kier molecular flexibility index (Phi) is 4.82. The van der Waals surface area contributed by atoms with Gasteiger partial charge in [0.05, 0.1) is 12.0 Å². The van der Waals surface area contributed by atoms with Crippen LogP contribution in [-0.4, -0.2) is 26.9 Å². The summed E-state index contributed by atoms with van der Waals surface area (Å²) in [7, 11) is 1.87. The Morgan fingerprint density at radius 3 is 2.83 bits per heavy atom. The lowest BCUT2D eigenvalue weighted by Gasteiger charge is -2.23. The van der Waals surface area contributed by atoms with E-state index in [0.717, 1.165) is 34.6 Å². The molecule has 0 radical (unpaired) electrons. The highest BCUT2D eigenvalue weighted by Crippen LogP contribution is 2.27. The Labute approximate surface area is 143 Å². The van der Waals surface area contributed by atoms with Crippen LogP contribution in [0.5, 0.6) is 0 Å². The first-order valence-corrected chi connectivity index (χ1v) is 8.79. The maximum Gasteiger partial charge on any atom is 0.306 e. The number of hydrogen-bond donors (Lipinski definition) is 1. The normalized spacial score (nSPS) is 22.3. The summed E-state index contributed by atoms with van der Waals surface area (Å²) in [5.74, 6) is -0.980. The van der Waals surface area contributed by atoms with Crippen molar-refractivity contribution in [2.45, 2.75) is 31.7 Å². The number of aromatic nitrogens is 2. The molecule has 0 bridgehead atoms. The van der Waals surface area contributed by atoms with Crippen molar-refractivity contribution in [1.82, 2.24) is 9.78 Å². The predicted molar refractivity (Wildman–Crippen MR) is 90.5 cm³/mol. The smallest absolute Gasteiger partial charge is 0.306 e. The van der Waals surface area contributed by atoms with Gasteiger partial charge >= 0.3 is 5.97 Å². The predicted octanol–water partition coefficient (Wildman–Crippen LogP) is 3.35. The van der Waals surface area contributed by atoms with Gasteiger partial charge in [0.25, 0.3) is 0 Å². The minimum absolute atomic E-state index is 0.0644. The van der Waals surface area contributed by atoms with Crippen LogP contribution < -0.4 is 4.80 Å². The largest absolute Gasteiger partial charge is 0.481 e. The average Bonchev–Trinajstić information content (AvgIpc) is 2.89. The standard InChI is InChI=1S/C16H18ClN3O2S/c1-20-16(18-13-4-2-3-11(9-13)15(21)22)23-14(19-20)10-5-7-12(17)8-6-10/h5-8,11,13H,2-4,9H2,1H3,(H,21,22)/b18-16+. The van der Waals surface area contributed by atoms with Crippen molar-refractivity contribution in [2.75, 3.05) is 0 Å². The lowest BCUT2D eigenvalue weighted by Crippen LogP contribution is -2.27. The summed E-state index contributed by atoms with van der Waals surface area (Å²) in [6.07, 6.45) is 3.23. The van der Waals surface area contributed by atoms with Crippen LogP contribution in [0.1, 0.15) is 25.7 Å². The summed E-state index contributed by atoms with van der Waals surface area (Å²) in [4.78, 5) is 16.7. The van der Waals surface area contributed by atoms with Crippen molar-refractivity contribution < 1.29 is 9.90 Å². The minimum atomic E-state index is -0.708. The zero-order valence-corrected chi connectivity index (χ0v) is 14.3. The van der Waals surface area contributed by atoms with Crippen LogP contribution in [0.25, 0.3) is 10.6 Å². The monoisotopic (exact) mass is 351 g/mol. The molecule has 23 heavy (non-hydrogen) atoms. The lowest BCUT2D eigenvalue weighted by atomic mass is 9.86. The van der Waals surface area contributed by atoms with Crippen LogP contribution in [0.15, 0.2) is 29.3 Å². The molecule has 1 N–H and O–H groups in total. The summed E-state index contributed by atoms with van der Waals surface area (Å²) >= 11 is 7.43. The van der Waals surface area contributed by atoms with Crippen molar-refractivity contribution in [3.05, 3.63) is 34.1 Å². The van der Waals surface area contributed by atoms with E-state index < -0.39 is 5.97 Å². The summed E-state index contributed by atoms with van der Waals surface area (Å²) in [6, 6.07) is 7.62. The highest BCUT2D eigenvalue weighted by atomic mass is 35.5. The van der Waals surface area contributed by atoms with E-state index in [1.54, 1.807) is 4.68 Å². The van der Waals surface area contributed by atoms with Crippen LogP contribution in [-0.2, 0) is 11.8 Å². The van der Waals surface area contributed by atoms with Crippen LogP contribution in [0.3, 0.4) is 0 Å². The average molecular weight is 352 g/mol. The zero-order valence-electron chi connectivity index (χ0n) is 12.8. The minimum Gasteiger partial charge on any atom is -0.481 e. The molecule has 1 heterocycles. The Morgan fingerprint density at radius 2 is 2.13 bits per heavy atom. The Balaban J connectivity index is 1.85. The van der Waals surface area contributed by atoms with Gasteiger partial charge < -0.3 is 5.11 Å². The Bertz CT molecular complexity index is 766. The first kappa shape index (κ1) is 16.2. The summed E-state index contributed by atoms with van der Waals surface area (Å²) in [5, 5.41) is 15.3. The molecule has 7 heteroatoms. The molecule has 1 aliphatic carbocycles. The molecule has 3 rings (SSSR count). The van der Waals surface area contributed by atoms with Crippen molar-refractivity contribution >= 4 is 28.9 Å². The van der Waals surface area contributed by atoms with Gasteiger partial charge in [-0.05, 0) is 31.4 Å². The van der Waals surface area contributed by atoms with E-state index >= 15 is 0 Å². The molecule has 0 aliphatic heterocycles. The second kappa shape index (κ2) is 6.84. The number of nitrogens with zero attached hydrogens (tertiary/aromatic N) is 3. The van der Waals surface area contributed by atoms with Gasteiger partial charge in [-0.15, -0.1) is 0 Å². The number of rotatable bonds is 3. The van der Waals surface area contributed by atoms with Crippen LogP contribution in [0.2, 0.25) is 5.02 Å². The fourth-order valence-corrected chi connectivity index (χ4v) is 3.92. The topological polar surface area (TPSA) is 67.5 Å². The van der Waals surface area contributed by atoms with Gasteiger partial charge in [0.2, 0.25) is 4.80 Å². The molecule has 122 valence electrons. The van der Waals surface area contributed by atoms with Gasteiger partial charge in [-0.2, -0.15) is 5.10 Å². The molecule has 0 saturated heterocycles. The molecule has 2 atom stereocenters. The molecule has 0 amide bonds. The fourth-order valence-electron chi connectivity index (χ4n) is 2.83. The maximum atomic E-state index is 11.2. The van der Waals surface area contributed by atoms with Crippen LogP contribution in [0.4, 0.5) is 0 Å². The van der Waals surface area contributed by atoms with E-state index in [4.69, 9.17) is 16.6 Å². The summed E-state index contributed by atoms with van der Waals surface area (Å²) < 4.78 is 1.76. The number of aryl methyl sites for hydroxylation is 1. The Hall–Kier alpha value is -1.66. The molecule has 5 nitrogen and oxygen atoms in total. The number of carbonyl (C=O) groups is 1. The van der Waals surface area contributed by atoms with E-state index in [-0.39, 0.29) is 12.0 Å². The molecule has 0 spiro atoms. The van der Waals surface area contributed by atoms with Crippen molar-refractivity contribution in [2.24, 2.45) is 18.0 Å². The number of carboxylic acid groups (broad SMARTS) is 1. The number of hydrogen-bond acceptors (Lipinski definition) is 4. The van der Waals surface area contributed by atoms with Crippen LogP contribution >= 0.6 is 22.9 Å². The van der Waals surface area contributed by atoms with E-state index in [9.17, 15) is 9.90 Å². The van der Waals surface area contributed by atoms with Gasteiger partial charge in [-0.1, -0.05) is 41.5 Å². The maximum absolute atomic E-state index is 11.2. The third-order valence-electron chi connectivity index (χ3n) is 4.09. The van der Waals surface area contributed by atoms with E-state index in [1.807, 2.05) is 31.3 Å². The number of benzene rings is 1. The van der Waals surface area contributed by atoms with Crippen LogP contribution in [0, 0.1) is 5.92 Å². The highest BCUT2D eigenvalue weighted by molar-refractivity contribution is 7.12. The lowest BCUT2D eigenvalue weighted by molar-refractivity contribution is -0.142. The van der Waals surface area contributed by atoms with Crippen molar-refractivity contribution in [3.63, 3.8) is 0 Å². The second-order valence-corrected chi connectivity index (χ2v) is 7.20. The molecule has 1 saturated carbocycles. The SMILES string of the molecule is Cn1nc(-c2ccc(Cl)cc2)s/c1=N/C1CCCC(C(=O)O)C1. The molecule has 1 fully saturated rings. The van der Waals surface area contributed by atoms with Crippen molar-refractivity contribution in [3.8, 4) is 10.6 Å². The van der Waals surface area contributed by atoms with Crippen molar-refractivity contribution in [1.29, 1.82) is 0 Å². The van der Waals surface area contributed by atoms with Gasteiger partial charge in [0.1, 0.15) is 5.01 Å². The van der Waals surface area contributed by atoms with Gasteiger partial charge in [0.15, 0.2) is 0 Å². The van der Waals surface area contributed by atoms with Gasteiger partial charge in [0, 0.05) is 17.6 Å². The molecule has 2 aromatic rings. The highest BCUT2D eigenvalue weighted by Gasteiger charge is 2.26.